The topological polar surface area (TPSA) is 82.0 Å². The van der Waals surface area contributed by atoms with Gasteiger partial charge in [-0.2, -0.15) is 5.10 Å². The summed E-state index contributed by atoms with van der Waals surface area (Å²) >= 11 is 0. The molecule has 184 valence electrons. The Morgan fingerprint density at radius 3 is 2.59 bits per heavy atom. The molecule has 0 aliphatic heterocycles. The number of hydrogen-bond donors (Lipinski definition) is 1. The fourth-order valence-corrected chi connectivity index (χ4v) is 3.96. The number of rotatable bonds is 9. The highest BCUT2D eigenvalue weighted by Crippen LogP contribution is 2.26. The average Bonchev–Trinajstić information content (AvgIpc) is 2.95. The van der Waals surface area contributed by atoms with Crippen molar-refractivity contribution in [3.05, 3.63) is 108 Å². The zero-order valence-corrected chi connectivity index (χ0v) is 20.3. The minimum absolute atomic E-state index is 0.142. The molecule has 0 aliphatic rings. The Labute approximate surface area is 214 Å². The molecular weight excluding hydrogens is 466 g/mol. The molecule has 37 heavy (non-hydrogen) atoms. The van der Waals surface area contributed by atoms with E-state index in [-0.39, 0.29) is 19.1 Å². The molecule has 1 aromatic heterocycles. The Morgan fingerprint density at radius 1 is 0.865 bits per heavy atom. The molecule has 0 unspecified atom stereocenters. The van der Waals surface area contributed by atoms with Crippen LogP contribution in [0.5, 0.6) is 17.2 Å². The second-order valence-electron chi connectivity index (χ2n) is 8.28. The number of amides is 1. The number of benzene rings is 4. The van der Waals surface area contributed by atoms with E-state index in [4.69, 9.17) is 14.2 Å². The maximum atomic E-state index is 12.2. The lowest BCUT2D eigenvalue weighted by Crippen LogP contribution is -2.24. The van der Waals surface area contributed by atoms with E-state index in [9.17, 15) is 4.79 Å². The molecule has 0 atom stereocenters. The molecule has 0 fully saturated rings. The van der Waals surface area contributed by atoms with Gasteiger partial charge in [-0.3, -0.25) is 9.78 Å². The summed E-state index contributed by atoms with van der Waals surface area (Å²) in [5.74, 6) is 1.65. The number of para-hydroxylation sites is 1. The summed E-state index contributed by atoms with van der Waals surface area (Å²) in [6, 6.07) is 29.0. The molecule has 0 saturated carbocycles. The number of nitrogens with zero attached hydrogens (tertiary/aromatic N) is 2. The van der Waals surface area contributed by atoms with Crippen LogP contribution in [0.25, 0.3) is 21.7 Å². The van der Waals surface area contributed by atoms with Crippen molar-refractivity contribution in [1.82, 2.24) is 10.4 Å². The fourth-order valence-electron chi connectivity index (χ4n) is 3.96. The van der Waals surface area contributed by atoms with Crippen molar-refractivity contribution < 1.29 is 19.0 Å². The maximum Gasteiger partial charge on any atom is 0.277 e. The van der Waals surface area contributed by atoms with Gasteiger partial charge in [0.05, 0.1) is 13.3 Å². The third-order valence-electron chi connectivity index (χ3n) is 5.78. The Kier molecular flexibility index (Phi) is 7.22. The molecule has 5 aromatic rings. The Balaban J connectivity index is 1.19. The number of carbonyl (C=O) groups is 1. The van der Waals surface area contributed by atoms with Crippen LogP contribution < -0.4 is 19.6 Å². The number of nitrogens with one attached hydrogen (secondary N) is 1. The van der Waals surface area contributed by atoms with E-state index in [0.717, 1.165) is 32.8 Å². The van der Waals surface area contributed by atoms with Crippen molar-refractivity contribution >= 4 is 33.8 Å². The second kappa shape index (κ2) is 11.2. The lowest BCUT2D eigenvalue weighted by molar-refractivity contribution is -0.123. The van der Waals surface area contributed by atoms with Gasteiger partial charge >= 0.3 is 0 Å². The minimum atomic E-state index is -0.357. The van der Waals surface area contributed by atoms with Crippen LogP contribution in [-0.2, 0) is 11.4 Å². The standard InChI is InChI=1S/C30H25N3O4/c1-35-27-14-11-21(16-25(27)19-37-28-10-4-8-23-9-5-15-31-30(23)28)18-32-33-29(34)20-36-26-13-12-22-6-2-3-7-24(22)17-26/h2-18H,19-20H2,1H3,(H,33,34)/b32-18+. The van der Waals surface area contributed by atoms with E-state index >= 15 is 0 Å². The highest BCUT2D eigenvalue weighted by molar-refractivity contribution is 5.85. The molecule has 0 aliphatic carbocycles. The predicted octanol–water partition coefficient (Wildman–Crippen LogP) is 5.50. The molecule has 4 aromatic carbocycles. The molecule has 1 heterocycles. The number of carbonyl (C=O) groups excluding carboxylic acids is 1. The van der Waals surface area contributed by atoms with E-state index < -0.39 is 0 Å². The van der Waals surface area contributed by atoms with Gasteiger partial charge < -0.3 is 14.2 Å². The SMILES string of the molecule is COc1ccc(/C=N/NC(=O)COc2ccc3ccccc3c2)cc1COc1cccc2cccnc12. The number of ether oxygens (including phenoxy) is 3. The Morgan fingerprint density at radius 2 is 1.70 bits per heavy atom. The number of aromatic nitrogens is 1. The van der Waals surface area contributed by atoms with Crippen LogP contribution in [0.1, 0.15) is 11.1 Å². The molecule has 0 saturated heterocycles. The molecular formula is C30H25N3O4. The first-order valence-corrected chi connectivity index (χ1v) is 11.8. The number of hydrazone groups is 1. The van der Waals surface area contributed by atoms with Crippen molar-refractivity contribution in [2.75, 3.05) is 13.7 Å². The van der Waals surface area contributed by atoms with Crippen molar-refractivity contribution in [2.24, 2.45) is 5.10 Å². The van der Waals surface area contributed by atoms with Crippen LogP contribution in [0, 0.1) is 0 Å². The molecule has 1 N–H and O–H groups in total. The summed E-state index contributed by atoms with van der Waals surface area (Å²) < 4.78 is 17.2. The Hall–Kier alpha value is -4.91. The first-order chi connectivity index (χ1) is 18.2. The number of pyridine rings is 1. The third-order valence-corrected chi connectivity index (χ3v) is 5.78. The van der Waals surface area contributed by atoms with Crippen molar-refractivity contribution in [3.63, 3.8) is 0 Å². The summed E-state index contributed by atoms with van der Waals surface area (Å²) in [7, 11) is 1.61. The monoisotopic (exact) mass is 491 g/mol. The van der Waals surface area contributed by atoms with Gasteiger partial charge in [0.1, 0.15) is 29.4 Å². The van der Waals surface area contributed by atoms with E-state index in [2.05, 4.69) is 15.5 Å². The largest absolute Gasteiger partial charge is 0.496 e. The summed E-state index contributed by atoms with van der Waals surface area (Å²) in [4.78, 5) is 16.6. The van der Waals surface area contributed by atoms with Gasteiger partial charge in [0.15, 0.2) is 6.61 Å². The molecule has 7 heteroatoms. The van der Waals surface area contributed by atoms with Crippen LogP contribution in [0.2, 0.25) is 0 Å². The number of fused-ring (bicyclic) bond motifs is 2. The van der Waals surface area contributed by atoms with Gasteiger partial charge in [-0.25, -0.2) is 5.43 Å². The number of hydrogen-bond acceptors (Lipinski definition) is 6. The molecule has 7 nitrogen and oxygen atoms in total. The molecule has 1 amide bonds. The summed E-state index contributed by atoms with van der Waals surface area (Å²) in [5, 5.41) is 7.23. The van der Waals surface area contributed by atoms with E-state index in [0.29, 0.717) is 17.2 Å². The minimum Gasteiger partial charge on any atom is -0.496 e. The van der Waals surface area contributed by atoms with Crippen LogP contribution >= 0.6 is 0 Å². The van der Waals surface area contributed by atoms with Gasteiger partial charge in [0.25, 0.3) is 5.91 Å². The highest BCUT2D eigenvalue weighted by Gasteiger charge is 2.08. The van der Waals surface area contributed by atoms with E-state index in [1.165, 1.54) is 0 Å². The highest BCUT2D eigenvalue weighted by atomic mass is 16.5. The van der Waals surface area contributed by atoms with Crippen LogP contribution in [0.4, 0.5) is 0 Å². The van der Waals surface area contributed by atoms with E-state index in [1.54, 1.807) is 19.5 Å². The Bertz CT molecular complexity index is 1580. The maximum absolute atomic E-state index is 12.2. The van der Waals surface area contributed by atoms with Crippen LogP contribution in [-0.4, -0.2) is 30.8 Å². The number of methoxy groups -OCH3 is 1. The lowest BCUT2D eigenvalue weighted by atomic mass is 10.1. The molecule has 5 rings (SSSR count). The van der Waals surface area contributed by atoms with Crippen LogP contribution in [0.15, 0.2) is 102 Å². The summed E-state index contributed by atoms with van der Waals surface area (Å²) in [5.41, 5.74) is 4.92. The molecule has 0 spiro atoms. The van der Waals surface area contributed by atoms with Gasteiger partial charge in [0, 0.05) is 17.1 Å². The van der Waals surface area contributed by atoms with Gasteiger partial charge in [0.2, 0.25) is 0 Å². The summed E-state index contributed by atoms with van der Waals surface area (Å²) in [6.45, 7) is 0.142. The first kappa shape index (κ1) is 23.8. The first-order valence-electron chi connectivity index (χ1n) is 11.8. The lowest BCUT2D eigenvalue weighted by Gasteiger charge is -2.12. The van der Waals surface area contributed by atoms with Crippen LogP contribution in [0.3, 0.4) is 0 Å². The second-order valence-corrected chi connectivity index (χ2v) is 8.28. The van der Waals surface area contributed by atoms with Gasteiger partial charge in [-0.05, 0) is 58.8 Å². The quantitative estimate of drug-likeness (QED) is 0.217. The van der Waals surface area contributed by atoms with Gasteiger partial charge in [-0.1, -0.05) is 48.5 Å². The van der Waals surface area contributed by atoms with E-state index in [1.807, 2.05) is 91.0 Å². The molecule has 0 radical (unpaired) electrons. The molecule has 0 bridgehead atoms. The average molecular weight is 492 g/mol. The third kappa shape index (κ3) is 5.85. The summed E-state index contributed by atoms with van der Waals surface area (Å²) in [6.07, 6.45) is 3.31. The van der Waals surface area contributed by atoms with Crippen molar-refractivity contribution in [2.45, 2.75) is 6.61 Å². The van der Waals surface area contributed by atoms with Gasteiger partial charge in [-0.15, -0.1) is 0 Å². The normalized spacial score (nSPS) is 11.1. The predicted molar refractivity (Wildman–Crippen MR) is 144 cm³/mol. The van der Waals surface area contributed by atoms with Crippen molar-refractivity contribution in [1.29, 1.82) is 0 Å². The zero-order chi connectivity index (χ0) is 25.5. The van der Waals surface area contributed by atoms with Crippen molar-refractivity contribution in [3.8, 4) is 17.2 Å². The zero-order valence-electron chi connectivity index (χ0n) is 20.3. The fraction of sp³-hybridized carbons (Fsp3) is 0.100. The smallest absolute Gasteiger partial charge is 0.277 e.